The lowest BCUT2D eigenvalue weighted by Gasteiger charge is -2.17. The Hall–Kier alpha value is -3.77. The highest BCUT2D eigenvalue weighted by molar-refractivity contribution is 6.31. The number of imidazole rings is 1. The van der Waals surface area contributed by atoms with Gasteiger partial charge in [-0.25, -0.2) is 4.79 Å². The Labute approximate surface area is 207 Å². The molecule has 1 N–H and O–H groups in total. The van der Waals surface area contributed by atoms with Gasteiger partial charge in [0.15, 0.2) is 0 Å². The normalized spacial score (nSPS) is 12.5. The number of aromatic nitrogens is 3. The maximum Gasteiger partial charge on any atom is 0.330 e. The van der Waals surface area contributed by atoms with Crippen molar-refractivity contribution in [1.82, 2.24) is 13.7 Å². The highest BCUT2D eigenvalue weighted by Crippen LogP contribution is 2.32. The Morgan fingerprint density at radius 1 is 1.00 bits per heavy atom. The lowest BCUT2D eigenvalue weighted by atomic mass is 10.0. The Kier molecular flexibility index (Phi) is 5.77. The molecule has 2 heterocycles. The zero-order chi connectivity index (χ0) is 24.9. The first kappa shape index (κ1) is 23.0. The molecule has 1 atom stereocenters. The molecule has 0 aliphatic heterocycles. The SMILES string of the molecule is Cc1c(C)n(C)c2c(Cn3c(=O)n([C@H](CC(=O)O)c4ccccc4)c4ccccc43)cc(Cl)cc12. The molecule has 5 rings (SSSR count). The summed E-state index contributed by atoms with van der Waals surface area (Å²) >= 11 is 6.51. The zero-order valence-corrected chi connectivity index (χ0v) is 20.6. The minimum Gasteiger partial charge on any atom is -0.481 e. The van der Waals surface area contributed by atoms with Crippen LogP contribution in [0.15, 0.2) is 71.5 Å². The number of carbonyl (C=O) groups is 1. The first-order valence-electron chi connectivity index (χ1n) is 11.5. The van der Waals surface area contributed by atoms with E-state index in [0.717, 1.165) is 38.8 Å². The summed E-state index contributed by atoms with van der Waals surface area (Å²) in [6.45, 7) is 4.46. The molecule has 35 heavy (non-hydrogen) atoms. The van der Waals surface area contributed by atoms with Gasteiger partial charge in [0.05, 0.1) is 35.6 Å². The van der Waals surface area contributed by atoms with Crippen LogP contribution in [0.5, 0.6) is 0 Å². The van der Waals surface area contributed by atoms with E-state index in [1.165, 1.54) is 0 Å². The average molecular weight is 488 g/mol. The second-order valence-electron chi connectivity index (χ2n) is 8.98. The number of hydrogen-bond donors (Lipinski definition) is 1. The van der Waals surface area contributed by atoms with Crippen LogP contribution in [-0.4, -0.2) is 24.8 Å². The molecule has 2 aromatic heterocycles. The first-order valence-corrected chi connectivity index (χ1v) is 11.9. The average Bonchev–Trinajstić information content (AvgIpc) is 3.23. The van der Waals surface area contributed by atoms with Crippen LogP contribution < -0.4 is 5.69 Å². The number of halogens is 1. The van der Waals surface area contributed by atoms with Crippen molar-refractivity contribution in [3.63, 3.8) is 0 Å². The summed E-state index contributed by atoms with van der Waals surface area (Å²) in [5.41, 5.74) is 6.25. The number of hydrogen-bond acceptors (Lipinski definition) is 2. The molecule has 0 amide bonds. The van der Waals surface area contributed by atoms with Crippen LogP contribution in [-0.2, 0) is 18.4 Å². The van der Waals surface area contributed by atoms with Gasteiger partial charge in [-0.15, -0.1) is 0 Å². The van der Waals surface area contributed by atoms with E-state index in [0.29, 0.717) is 17.1 Å². The van der Waals surface area contributed by atoms with E-state index in [2.05, 4.69) is 18.4 Å². The molecule has 3 aromatic carbocycles. The van der Waals surface area contributed by atoms with Crippen molar-refractivity contribution in [2.24, 2.45) is 7.05 Å². The number of aliphatic carboxylic acids is 1. The van der Waals surface area contributed by atoms with Crippen LogP contribution in [0.4, 0.5) is 0 Å². The number of carboxylic acids is 1. The molecule has 0 unspecified atom stereocenters. The highest BCUT2D eigenvalue weighted by atomic mass is 35.5. The van der Waals surface area contributed by atoms with Crippen molar-refractivity contribution in [2.45, 2.75) is 32.9 Å². The Morgan fingerprint density at radius 2 is 1.66 bits per heavy atom. The summed E-state index contributed by atoms with van der Waals surface area (Å²) < 4.78 is 5.47. The topological polar surface area (TPSA) is 69.2 Å². The number of benzene rings is 3. The number of nitrogens with zero attached hydrogens (tertiary/aromatic N) is 3. The van der Waals surface area contributed by atoms with Crippen molar-refractivity contribution in [2.75, 3.05) is 0 Å². The monoisotopic (exact) mass is 487 g/mol. The predicted octanol–water partition coefficient (Wildman–Crippen LogP) is 5.68. The minimum atomic E-state index is -0.964. The van der Waals surface area contributed by atoms with Crippen LogP contribution in [0.2, 0.25) is 5.02 Å². The smallest absolute Gasteiger partial charge is 0.330 e. The third-order valence-corrected chi connectivity index (χ3v) is 7.22. The molecule has 0 saturated carbocycles. The Balaban J connectivity index is 1.75. The van der Waals surface area contributed by atoms with E-state index < -0.39 is 12.0 Å². The van der Waals surface area contributed by atoms with Gasteiger partial charge in [-0.3, -0.25) is 13.9 Å². The lowest BCUT2D eigenvalue weighted by Crippen LogP contribution is -2.29. The van der Waals surface area contributed by atoms with Crippen molar-refractivity contribution in [1.29, 1.82) is 0 Å². The van der Waals surface area contributed by atoms with Gasteiger partial charge in [-0.1, -0.05) is 54.1 Å². The van der Waals surface area contributed by atoms with E-state index in [-0.39, 0.29) is 12.1 Å². The minimum absolute atomic E-state index is 0.199. The fourth-order valence-corrected chi connectivity index (χ4v) is 5.37. The second kappa shape index (κ2) is 8.78. The molecule has 0 fully saturated rings. The summed E-state index contributed by atoms with van der Waals surface area (Å²) in [6.07, 6.45) is -0.199. The third-order valence-electron chi connectivity index (χ3n) is 7.00. The predicted molar refractivity (Wildman–Crippen MR) is 140 cm³/mol. The maximum atomic E-state index is 14.0. The van der Waals surface area contributed by atoms with E-state index in [1.807, 2.05) is 73.8 Å². The third kappa shape index (κ3) is 3.84. The molecule has 0 aliphatic carbocycles. The quantitative estimate of drug-likeness (QED) is 0.335. The number of fused-ring (bicyclic) bond motifs is 2. The number of carboxylic acid groups (broad SMARTS) is 1. The first-order chi connectivity index (χ1) is 16.8. The summed E-state index contributed by atoms with van der Waals surface area (Å²) in [5, 5.41) is 11.4. The molecule has 6 nitrogen and oxygen atoms in total. The van der Waals surface area contributed by atoms with E-state index in [1.54, 1.807) is 9.13 Å². The van der Waals surface area contributed by atoms with E-state index in [4.69, 9.17) is 11.6 Å². The largest absolute Gasteiger partial charge is 0.481 e. The van der Waals surface area contributed by atoms with Gasteiger partial charge in [-0.05, 0) is 54.8 Å². The molecule has 0 spiro atoms. The molecule has 0 bridgehead atoms. The fraction of sp³-hybridized carbons (Fsp3) is 0.214. The molecule has 0 aliphatic rings. The molecule has 7 heteroatoms. The number of aryl methyl sites for hydroxylation is 2. The van der Waals surface area contributed by atoms with Crippen LogP contribution in [0.3, 0.4) is 0 Å². The van der Waals surface area contributed by atoms with Gasteiger partial charge in [-0.2, -0.15) is 0 Å². The van der Waals surface area contributed by atoms with Crippen molar-refractivity contribution in [3.8, 4) is 0 Å². The number of para-hydroxylation sites is 2. The molecule has 0 saturated heterocycles. The summed E-state index contributed by atoms with van der Waals surface area (Å²) in [6, 6.07) is 20.1. The molecule has 0 radical (unpaired) electrons. The Morgan fingerprint density at radius 3 is 2.34 bits per heavy atom. The highest BCUT2D eigenvalue weighted by Gasteiger charge is 2.25. The van der Waals surface area contributed by atoms with Gasteiger partial charge in [0.25, 0.3) is 0 Å². The van der Waals surface area contributed by atoms with Gasteiger partial charge in [0.2, 0.25) is 0 Å². The van der Waals surface area contributed by atoms with Crippen molar-refractivity contribution < 1.29 is 9.90 Å². The molecule has 178 valence electrons. The van der Waals surface area contributed by atoms with Crippen LogP contribution in [0.1, 0.15) is 34.8 Å². The lowest BCUT2D eigenvalue weighted by molar-refractivity contribution is -0.137. The van der Waals surface area contributed by atoms with Gasteiger partial charge in [0, 0.05) is 23.2 Å². The summed E-state index contributed by atoms with van der Waals surface area (Å²) in [5.74, 6) is -0.964. The molecular formula is C28H26ClN3O3. The van der Waals surface area contributed by atoms with E-state index in [9.17, 15) is 14.7 Å². The summed E-state index contributed by atoms with van der Waals surface area (Å²) in [7, 11) is 2.02. The second-order valence-corrected chi connectivity index (χ2v) is 9.42. The fourth-order valence-electron chi connectivity index (χ4n) is 5.13. The van der Waals surface area contributed by atoms with Crippen LogP contribution in [0, 0.1) is 13.8 Å². The van der Waals surface area contributed by atoms with Crippen LogP contribution in [0.25, 0.3) is 21.9 Å². The summed E-state index contributed by atoms with van der Waals surface area (Å²) in [4.78, 5) is 25.8. The van der Waals surface area contributed by atoms with Gasteiger partial charge < -0.3 is 9.67 Å². The van der Waals surface area contributed by atoms with Crippen molar-refractivity contribution in [3.05, 3.63) is 105 Å². The van der Waals surface area contributed by atoms with E-state index >= 15 is 0 Å². The standard InChI is InChI=1S/C28H26ClN3O3/c1-17-18(2)30(3)27-20(13-21(29)14-22(17)27)16-31-23-11-7-8-12-24(23)32(28(31)35)25(15-26(33)34)19-9-5-4-6-10-19/h4-14,25H,15-16H2,1-3H3,(H,33,34)/t25-/m1/s1. The number of rotatable bonds is 6. The van der Waals surface area contributed by atoms with Gasteiger partial charge in [0.1, 0.15) is 0 Å². The van der Waals surface area contributed by atoms with Crippen molar-refractivity contribution >= 4 is 39.5 Å². The molecule has 5 aromatic rings. The molecular weight excluding hydrogens is 462 g/mol. The maximum absolute atomic E-state index is 14.0. The van der Waals surface area contributed by atoms with Gasteiger partial charge >= 0.3 is 11.7 Å². The van der Waals surface area contributed by atoms with Crippen LogP contribution >= 0.6 is 11.6 Å². The zero-order valence-electron chi connectivity index (χ0n) is 19.8. The Bertz CT molecular complexity index is 1640.